The third-order valence-corrected chi connectivity index (χ3v) is 4.52. The summed E-state index contributed by atoms with van der Waals surface area (Å²) in [5.41, 5.74) is 2.72. The minimum absolute atomic E-state index is 0.177. The van der Waals surface area contributed by atoms with Gasteiger partial charge in [0.2, 0.25) is 10.0 Å². The molecule has 124 valence electrons. The van der Waals surface area contributed by atoms with Crippen LogP contribution in [0.1, 0.15) is 16.7 Å². The fraction of sp³-hybridized carbons (Fsp3) is 0.294. The number of halogens is 1. The molecule has 0 saturated heterocycles. The lowest BCUT2D eigenvalue weighted by Gasteiger charge is -2.10. The van der Waals surface area contributed by atoms with E-state index in [1.54, 1.807) is 0 Å². The highest BCUT2D eigenvalue weighted by Crippen LogP contribution is 2.15. The molecule has 0 aromatic heterocycles. The topological polar surface area (TPSA) is 55.4 Å². The average Bonchev–Trinajstić information content (AvgIpc) is 2.45. The molecule has 0 fully saturated rings. The lowest BCUT2D eigenvalue weighted by Crippen LogP contribution is -2.29. The SMILES string of the molecule is Cc1cc(C)cc(OCCNS(=O)(=O)Cc2ccc(F)cc2)c1. The van der Waals surface area contributed by atoms with E-state index in [4.69, 9.17) is 4.74 Å². The highest BCUT2D eigenvalue weighted by atomic mass is 32.2. The van der Waals surface area contributed by atoms with Gasteiger partial charge in [-0.1, -0.05) is 18.2 Å². The Bertz CT molecular complexity index is 738. The molecule has 0 atom stereocenters. The van der Waals surface area contributed by atoms with E-state index in [0.717, 1.165) is 16.9 Å². The molecule has 0 amide bonds. The maximum absolute atomic E-state index is 12.8. The van der Waals surface area contributed by atoms with Crippen LogP contribution >= 0.6 is 0 Å². The highest BCUT2D eigenvalue weighted by molar-refractivity contribution is 7.88. The fourth-order valence-corrected chi connectivity index (χ4v) is 3.36. The lowest BCUT2D eigenvalue weighted by molar-refractivity contribution is 0.322. The second kappa shape index (κ2) is 7.57. The summed E-state index contributed by atoms with van der Waals surface area (Å²) >= 11 is 0. The van der Waals surface area contributed by atoms with Gasteiger partial charge in [-0.2, -0.15) is 0 Å². The first kappa shape index (κ1) is 17.4. The number of benzene rings is 2. The summed E-state index contributed by atoms with van der Waals surface area (Å²) in [6, 6.07) is 11.3. The number of sulfonamides is 1. The Kier molecular flexibility index (Phi) is 5.74. The van der Waals surface area contributed by atoms with Gasteiger partial charge in [0.1, 0.15) is 18.2 Å². The highest BCUT2D eigenvalue weighted by Gasteiger charge is 2.11. The normalized spacial score (nSPS) is 11.4. The van der Waals surface area contributed by atoms with Crippen molar-refractivity contribution in [1.82, 2.24) is 4.72 Å². The van der Waals surface area contributed by atoms with Crippen LogP contribution in [0.2, 0.25) is 0 Å². The number of ether oxygens (including phenoxy) is 1. The molecule has 2 aromatic rings. The zero-order valence-corrected chi connectivity index (χ0v) is 14.0. The number of rotatable bonds is 7. The van der Waals surface area contributed by atoms with Crippen LogP contribution in [-0.4, -0.2) is 21.6 Å². The Labute approximate surface area is 136 Å². The van der Waals surface area contributed by atoms with Crippen LogP contribution in [0.5, 0.6) is 5.75 Å². The van der Waals surface area contributed by atoms with E-state index in [0.29, 0.717) is 5.56 Å². The van der Waals surface area contributed by atoms with Gasteiger partial charge in [-0.3, -0.25) is 0 Å². The maximum Gasteiger partial charge on any atom is 0.215 e. The largest absolute Gasteiger partial charge is 0.492 e. The third kappa shape index (κ3) is 6.00. The Hall–Kier alpha value is -1.92. The summed E-state index contributed by atoms with van der Waals surface area (Å²) in [6.07, 6.45) is 0. The molecule has 0 saturated carbocycles. The first-order valence-electron chi connectivity index (χ1n) is 7.27. The molecule has 0 heterocycles. The molecule has 2 aromatic carbocycles. The summed E-state index contributed by atoms with van der Waals surface area (Å²) in [5, 5.41) is 0. The molecule has 1 N–H and O–H groups in total. The molecule has 6 heteroatoms. The van der Waals surface area contributed by atoms with Crippen molar-refractivity contribution in [3.05, 3.63) is 65.0 Å². The van der Waals surface area contributed by atoms with E-state index in [-0.39, 0.29) is 24.7 Å². The van der Waals surface area contributed by atoms with Gasteiger partial charge in [0.25, 0.3) is 0 Å². The van der Waals surface area contributed by atoms with Crippen LogP contribution in [0, 0.1) is 19.7 Å². The predicted molar refractivity (Wildman–Crippen MR) is 88.4 cm³/mol. The Morgan fingerprint density at radius 1 is 1.04 bits per heavy atom. The van der Waals surface area contributed by atoms with Crippen LogP contribution in [0.25, 0.3) is 0 Å². The zero-order chi connectivity index (χ0) is 16.9. The summed E-state index contributed by atoms with van der Waals surface area (Å²) < 4.78 is 44.7. The van der Waals surface area contributed by atoms with Crippen molar-refractivity contribution in [2.75, 3.05) is 13.2 Å². The maximum atomic E-state index is 12.8. The van der Waals surface area contributed by atoms with E-state index in [1.165, 1.54) is 24.3 Å². The monoisotopic (exact) mass is 337 g/mol. The molecule has 2 rings (SSSR count). The number of hydrogen-bond acceptors (Lipinski definition) is 3. The van der Waals surface area contributed by atoms with Gasteiger partial charge in [0.05, 0.1) is 5.75 Å². The summed E-state index contributed by atoms with van der Waals surface area (Å²) in [4.78, 5) is 0. The number of aryl methyl sites for hydroxylation is 2. The third-order valence-electron chi connectivity index (χ3n) is 3.16. The summed E-state index contributed by atoms with van der Waals surface area (Å²) in [6.45, 7) is 4.37. The summed E-state index contributed by atoms with van der Waals surface area (Å²) in [5.74, 6) is 0.151. The molecular formula is C17H20FNO3S. The van der Waals surface area contributed by atoms with Crippen molar-refractivity contribution in [3.63, 3.8) is 0 Å². The van der Waals surface area contributed by atoms with Crippen LogP contribution in [0.4, 0.5) is 4.39 Å². The second-order valence-electron chi connectivity index (χ2n) is 5.45. The van der Waals surface area contributed by atoms with Crippen molar-refractivity contribution >= 4 is 10.0 Å². The van der Waals surface area contributed by atoms with Gasteiger partial charge in [-0.25, -0.2) is 17.5 Å². The first-order valence-corrected chi connectivity index (χ1v) is 8.92. The van der Waals surface area contributed by atoms with Crippen LogP contribution in [0.15, 0.2) is 42.5 Å². The molecule has 0 unspecified atom stereocenters. The number of hydrogen-bond donors (Lipinski definition) is 1. The molecular weight excluding hydrogens is 317 g/mol. The van der Waals surface area contributed by atoms with Gasteiger partial charge in [0.15, 0.2) is 0 Å². The average molecular weight is 337 g/mol. The van der Waals surface area contributed by atoms with Crippen molar-refractivity contribution in [2.45, 2.75) is 19.6 Å². The van der Waals surface area contributed by atoms with E-state index < -0.39 is 10.0 Å². The van der Waals surface area contributed by atoms with Crippen molar-refractivity contribution in [3.8, 4) is 5.75 Å². The zero-order valence-electron chi connectivity index (χ0n) is 13.2. The van der Waals surface area contributed by atoms with Crippen molar-refractivity contribution in [1.29, 1.82) is 0 Å². The van der Waals surface area contributed by atoms with Gasteiger partial charge < -0.3 is 4.74 Å². The molecule has 0 radical (unpaired) electrons. The quantitative estimate of drug-likeness (QED) is 0.790. The molecule has 4 nitrogen and oxygen atoms in total. The molecule has 0 aliphatic rings. The predicted octanol–water partition coefficient (Wildman–Crippen LogP) is 2.94. The second-order valence-corrected chi connectivity index (χ2v) is 7.26. The minimum Gasteiger partial charge on any atom is -0.492 e. The molecule has 0 bridgehead atoms. The van der Waals surface area contributed by atoms with E-state index in [2.05, 4.69) is 4.72 Å². The van der Waals surface area contributed by atoms with Gasteiger partial charge in [0, 0.05) is 6.54 Å². The lowest BCUT2D eigenvalue weighted by atomic mass is 10.1. The fourth-order valence-electron chi connectivity index (χ4n) is 2.23. The van der Waals surface area contributed by atoms with E-state index >= 15 is 0 Å². The van der Waals surface area contributed by atoms with Gasteiger partial charge >= 0.3 is 0 Å². The summed E-state index contributed by atoms with van der Waals surface area (Å²) in [7, 11) is -3.47. The standard InChI is InChI=1S/C17H20FNO3S/c1-13-9-14(2)11-17(10-13)22-8-7-19-23(20,21)12-15-3-5-16(18)6-4-15/h3-6,9-11,19H,7-8,12H2,1-2H3. The van der Waals surface area contributed by atoms with Gasteiger partial charge in [-0.05, 0) is 54.8 Å². The molecule has 0 spiro atoms. The minimum atomic E-state index is -3.47. The van der Waals surface area contributed by atoms with Crippen LogP contribution in [-0.2, 0) is 15.8 Å². The molecule has 0 aliphatic carbocycles. The van der Waals surface area contributed by atoms with Crippen molar-refractivity contribution in [2.24, 2.45) is 0 Å². The Morgan fingerprint density at radius 2 is 1.65 bits per heavy atom. The number of nitrogens with one attached hydrogen (secondary N) is 1. The Balaban J connectivity index is 1.81. The van der Waals surface area contributed by atoms with E-state index in [1.807, 2.05) is 32.0 Å². The van der Waals surface area contributed by atoms with Gasteiger partial charge in [-0.15, -0.1) is 0 Å². The van der Waals surface area contributed by atoms with E-state index in [9.17, 15) is 12.8 Å². The van der Waals surface area contributed by atoms with Crippen molar-refractivity contribution < 1.29 is 17.5 Å². The Morgan fingerprint density at radius 3 is 2.26 bits per heavy atom. The van der Waals surface area contributed by atoms with Crippen LogP contribution < -0.4 is 9.46 Å². The first-order chi connectivity index (χ1) is 10.8. The smallest absolute Gasteiger partial charge is 0.215 e. The molecule has 0 aliphatic heterocycles. The van der Waals surface area contributed by atoms with Crippen LogP contribution in [0.3, 0.4) is 0 Å². The molecule has 23 heavy (non-hydrogen) atoms.